The van der Waals surface area contributed by atoms with Gasteiger partial charge in [0, 0.05) is 49.9 Å². The molecule has 1 unspecified atom stereocenters. The average Bonchev–Trinajstić information content (AvgIpc) is 3.34. The number of carbonyl (C=O) groups excluding carboxylic acids is 2. The summed E-state index contributed by atoms with van der Waals surface area (Å²) in [6.07, 6.45) is 5.45. The topological polar surface area (TPSA) is 56.4 Å². The van der Waals surface area contributed by atoms with Gasteiger partial charge in [-0.25, -0.2) is 0 Å². The number of nitrogens with one attached hydrogen (secondary N) is 1. The van der Waals surface area contributed by atoms with Crippen LogP contribution in [0.15, 0.2) is 54.7 Å². The zero-order valence-electron chi connectivity index (χ0n) is 17.3. The van der Waals surface area contributed by atoms with Gasteiger partial charge in [0.2, 0.25) is 11.8 Å². The van der Waals surface area contributed by atoms with Gasteiger partial charge in [-0.15, -0.1) is 0 Å². The Bertz CT molecular complexity index is 1080. The number of hydrogen-bond donors (Lipinski definition) is 1. The molecule has 5 rings (SSSR count). The normalized spacial score (nSPS) is 18.7. The van der Waals surface area contributed by atoms with Crippen LogP contribution in [0.3, 0.4) is 0 Å². The van der Waals surface area contributed by atoms with Crippen LogP contribution in [0.25, 0.3) is 22.0 Å². The number of carbonyl (C=O) groups is 2. The lowest BCUT2D eigenvalue weighted by atomic mass is 10.0. The SMILES string of the molecule is CN(C(=O)CC1CCN(C(=O)C2CC2)C1)c1ccc(-c2ccc3[nH]ccc3c2)cc1. The van der Waals surface area contributed by atoms with Crippen LogP contribution in [0.5, 0.6) is 0 Å². The molecular weight excluding hydrogens is 374 g/mol. The molecule has 0 radical (unpaired) electrons. The Morgan fingerprint density at radius 2 is 1.80 bits per heavy atom. The maximum absolute atomic E-state index is 12.8. The summed E-state index contributed by atoms with van der Waals surface area (Å²) in [6, 6.07) is 16.6. The fourth-order valence-corrected chi connectivity index (χ4v) is 4.43. The second-order valence-electron chi connectivity index (χ2n) is 8.70. The highest BCUT2D eigenvalue weighted by molar-refractivity contribution is 5.93. The van der Waals surface area contributed by atoms with Crippen molar-refractivity contribution in [2.75, 3.05) is 25.0 Å². The lowest BCUT2D eigenvalue weighted by molar-refractivity contribution is -0.131. The van der Waals surface area contributed by atoms with Crippen molar-refractivity contribution < 1.29 is 9.59 Å². The van der Waals surface area contributed by atoms with Crippen molar-refractivity contribution in [2.24, 2.45) is 11.8 Å². The van der Waals surface area contributed by atoms with Crippen molar-refractivity contribution in [3.05, 3.63) is 54.7 Å². The van der Waals surface area contributed by atoms with Crippen molar-refractivity contribution in [3.63, 3.8) is 0 Å². The minimum Gasteiger partial charge on any atom is -0.361 e. The van der Waals surface area contributed by atoms with E-state index in [1.165, 1.54) is 5.39 Å². The third kappa shape index (κ3) is 3.72. The van der Waals surface area contributed by atoms with Crippen LogP contribution in [-0.2, 0) is 9.59 Å². The van der Waals surface area contributed by atoms with E-state index in [9.17, 15) is 9.59 Å². The Kier molecular flexibility index (Phi) is 4.81. The average molecular weight is 402 g/mol. The molecule has 1 N–H and O–H groups in total. The van der Waals surface area contributed by atoms with Crippen LogP contribution < -0.4 is 4.90 Å². The first kappa shape index (κ1) is 18.9. The summed E-state index contributed by atoms with van der Waals surface area (Å²) >= 11 is 0. The molecule has 1 atom stereocenters. The van der Waals surface area contributed by atoms with Crippen LogP contribution in [0.1, 0.15) is 25.7 Å². The molecule has 1 aliphatic carbocycles. The van der Waals surface area contributed by atoms with E-state index < -0.39 is 0 Å². The Hall–Kier alpha value is -3.08. The largest absolute Gasteiger partial charge is 0.361 e. The van der Waals surface area contributed by atoms with Gasteiger partial charge in [-0.3, -0.25) is 9.59 Å². The molecule has 2 amide bonds. The number of amides is 2. The fraction of sp³-hybridized carbons (Fsp3) is 0.360. The Labute approximate surface area is 176 Å². The summed E-state index contributed by atoms with van der Waals surface area (Å²) in [5.74, 6) is 0.947. The van der Waals surface area contributed by atoms with Crippen molar-refractivity contribution >= 4 is 28.4 Å². The van der Waals surface area contributed by atoms with Gasteiger partial charge in [-0.05, 0) is 72.0 Å². The van der Waals surface area contributed by atoms with Gasteiger partial charge in [-0.1, -0.05) is 18.2 Å². The van der Waals surface area contributed by atoms with Crippen molar-refractivity contribution in [2.45, 2.75) is 25.7 Å². The molecule has 1 saturated heterocycles. The van der Waals surface area contributed by atoms with E-state index in [0.717, 1.165) is 54.7 Å². The number of nitrogens with zero attached hydrogens (tertiary/aromatic N) is 2. The highest BCUT2D eigenvalue weighted by atomic mass is 16.2. The van der Waals surface area contributed by atoms with E-state index >= 15 is 0 Å². The summed E-state index contributed by atoms with van der Waals surface area (Å²) in [5.41, 5.74) is 4.32. The Balaban J connectivity index is 1.21. The van der Waals surface area contributed by atoms with Crippen LogP contribution in [0.2, 0.25) is 0 Å². The van der Waals surface area contributed by atoms with E-state index in [-0.39, 0.29) is 17.7 Å². The quantitative estimate of drug-likeness (QED) is 0.687. The summed E-state index contributed by atoms with van der Waals surface area (Å²) in [7, 11) is 1.84. The predicted molar refractivity (Wildman–Crippen MR) is 119 cm³/mol. The number of aromatic nitrogens is 1. The van der Waals surface area contributed by atoms with Crippen LogP contribution in [0.4, 0.5) is 5.69 Å². The minimum atomic E-state index is 0.113. The van der Waals surface area contributed by atoms with Crippen LogP contribution >= 0.6 is 0 Å². The number of fused-ring (bicyclic) bond motifs is 1. The molecule has 1 saturated carbocycles. The lowest BCUT2D eigenvalue weighted by Gasteiger charge is -2.20. The molecule has 154 valence electrons. The predicted octanol–water partition coefficient (Wildman–Crippen LogP) is 4.45. The number of anilines is 1. The Morgan fingerprint density at radius 3 is 2.57 bits per heavy atom. The number of likely N-dealkylation sites (tertiary alicyclic amines) is 1. The summed E-state index contributed by atoms with van der Waals surface area (Å²) in [6.45, 7) is 1.53. The van der Waals surface area contributed by atoms with Gasteiger partial charge in [0.1, 0.15) is 0 Å². The summed E-state index contributed by atoms with van der Waals surface area (Å²) < 4.78 is 0. The molecule has 1 aromatic heterocycles. The highest BCUT2D eigenvalue weighted by Gasteiger charge is 2.37. The first-order valence-electron chi connectivity index (χ1n) is 10.8. The number of rotatable bonds is 5. The van der Waals surface area contributed by atoms with Crippen LogP contribution in [-0.4, -0.2) is 41.8 Å². The summed E-state index contributed by atoms with van der Waals surface area (Å²) in [4.78, 5) is 32.0. The molecule has 2 fully saturated rings. The molecular formula is C25H27N3O2. The molecule has 2 aromatic carbocycles. The van der Waals surface area contributed by atoms with E-state index in [2.05, 4.69) is 41.4 Å². The van der Waals surface area contributed by atoms with Crippen molar-refractivity contribution in [1.82, 2.24) is 9.88 Å². The molecule has 1 aliphatic heterocycles. The fourth-order valence-electron chi connectivity index (χ4n) is 4.43. The second kappa shape index (κ2) is 7.63. The van der Waals surface area contributed by atoms with Gasteiger partial charge < -0.3 is 14.8 Å². The van der Waals surface area contributed by atoms with Crippen molar-refractivity contribution in [3.8, 4) is 11.1 Å². The standard InChI is InChI=1S/C25H27N3O2/c1-27(24(29)14-17-11-13-28(16-17)25(30)19-2-3-19)22-7-4-18(5-8-22)20-6-9-23-21(15-20)10-12-26-23/h4-10,12,15,17,19,26H,2-3,11,13-14,16H2,1H3. The first-order chi connectivity index (χ1) is 14.6. The smallest absolute Gasteiger partial charge is 0.227 e. The molecule has 3 aromatic rings. The van der Waals surface area contributed by atoms with Gasteiger partial charge in [0.05, 0.1) is 0 Å². The lowest BCUT2D eigenvalue weighted by Crippen LogP contribution is -2.32. The van der Waals surface area contributed by atoms with E-state index in [1.807, 2.05) is 30.3 Å². The zero-order chi connectivity index (χ0) is 20.7. The molecule has 2 aliphatic rings. The number of H-pyrrole nitrogens is 1. The molecule has 2 heterocycles. The maximum Gasteiger partial charge on any atom is 0.227 e. The van der Waals surface area contributed by atoms with Gasteiger partial charge in [0.15, 0.2) is 0 Å². The van der Waals surface area contributed by atoms with Gasteiger partial charge in [0.25, 0.3) is 0 Å². The number of aromatic amines is 1. The molecule has 0 spiro atoms. The van der Waals surface area contributed by atoms with E-state index in [4.69, 9.17) is 0 Å². The van der Waals surface area contributed by atoms with E-state index in [1.54, 1.807) is 4.90 Å². The molecule has 30 heavy (non-hydrogen) atoms. The number of hydrogen-bond acceptors (Lipinski definition) is 2. The third-order valence-electron chi connectivity index (χ3n) is 6.50. The van der Waals surface area contributed by atoms with Crippen molar-refractivity contribution in [1.29, 1.82) is 0 Å². The Morgan fingerprint density at radius 1 is 1.03 bits per heavy atom. The monoisotopic (exact) mass is 401 g/mol. The zero-order valence-corrected chi connectivity index (χ0v) is 17.3. The molecule has 0 bridgehead atoms. The second-order valence-corrected chi connectivity index (χ2v) is 8.70. The van der Waals surface area contributed by atoms with E-state index in [0.29, 0.717) is 12.3 Å². The minimum absolute atomic E-state index is 0.113. The third-order valence-corrected chi connectivity index (χ3v) is 6.50. The highest BCUT2D eigenvalue weighted by Crippen LogP contribution is 2.33. The first-order valence-corrected chi connectivity index (χ1v) is 10.8. The molecule has 5 nitrogen and oxygen atoms in total. The summed E-state index contributed by atoms with van der Waals surface area (Å²) in [5, 5.41) is 1.19. The van der Waals surface area contributed by atoms with Gasteiger partial charge in [-0.2, -0.15) is 0 Å². The van der Waals surface area contributed by atoms with Gasteiger partial charge >= 0.3 is 0 Å². The van der Waals surface area contributed by atoms with Crippen LogP contribution in [0, 0.1) is 11.8 Å². The molecule has 5 heteroatoms. The maximum atomic E-state index is 12.8. The number of benzene rings is 2.